The van der Waals surface area contributed by atoms with Crippen molar-refractivity contribution in [1.29, 1.82) is 0 Å². The third kappa shape index (κ3) is 2.37. The summed E-state index contributed by atoms with van der Waals surface area (Å²) in [5.74, 6) is 2.24. The Morgan fingerprint density at radius 2 is 1.61 bits per heavy atom. The normalized spacial score (nSPS) is 12.0. The van der Waals surface area contributed by atoms with E-state index in [9.17, 15) is 0 Å². The molecule has 4 heterocycles. The summed E-state index contributed by atoms with van der Waals surface area (Å²) in [5, 5.41) is 8.25. The van der Waals surface area contributed by atoms with Crippen molar-refractivity contribution in [2.75, 3.05) is 7.11 Å². The first-order valence-electron chi connectivity index (χ1n) is 10.2. The molecule has 0 radical (unpaired) electrons. The van der Waals surface area contributed by atoms with Crippen LogP contribution in [-0.4, -0.2) is 32.2 Å². The number of hydrogen-bond donors (Lipinski definition) is 2. The number of fused-ring (bicyclic) bond motifs is 2. The Balaban J connectivity index is 1.98. The van der Waals surface area contributed by atoms with Gasteiger partial charge >= 0.3 is 0 Å². The number of aryl methyl sites for hydroxylation is 4. The van der Waals surface area contributed by atoms with Crippen molar-refractivity contribution in [1.82, 2.24) is 25.1 Å². The Kier molecular flexibility index (Phi) is 3.51. The van der Waals surface area contributed by atoms with Crippen molar-refractivity contribution in [3.8, 4) is 16.9 Å². The molecular weight excluding hydrogens is 390 g/mol. The zero-order valence-electron chi connectivity index (χ0n) is 18.0. The number of H-pyrrole nitrogens is 2. The number of aromatic amines is 2. The van der Waals surface area contributed by atoms with Gasteiger partial charge < -0.3 is 19.2 Å². The predicted octanol–water partition coefficient (Wildman–Crippen LogP) is 5.64. The molecule has 0 amide bonds. The first-order valence-corrected chi connectivity index (χ1v) is 10.2. The SMILES string of the molecule is COc1c(-c2c(C)noc2C)cc2[nH]c3nc(C)nc4[nH]c5cc(C)ccc5c1c2c43. The van der Waals surface area contributed by atoms with Crippen LogP contribution in [0.2, 0.25) is 0 Å². The molecule has 0 aliphatic rings. The Bertz CT molecular complexity index is 1650. The fraction of sp³-hybridized carbons (Fsp3) is 0.208. The van der Waals surface area contributed by atoms with E-state index >= 15 is 0 Å². The zero-order chi connectivity index (χ0) is 21.4. The third-order valence-corrected chi connectivity index (χ3v) is 6.01. The van der Waals surface area contributed by atoms with E-state index in [1.807, 2.05) is 20.8 Å². The minimum atomic E-state index is 0.706. The van der Waals surface area contributed by atoms with E-state index in [4.69, 9.17) is 14.2 Å². The molecule has 2 N–H and O–H groups in total. The van der Waals surface area contributed by atoms with Gasteiger partial charge in [0.15, 0.2) is 0 Å². The van der Waals surface area contributed by atoms with Crippen LogP contribution >= 0.6 is 0 Å². The Hall–Kier alpha value is -3.87. The van der Waals surface area contributed by atoms with E-state index in [0.717, 1.165) is 72.2 Å². The smallest absolute Gasteiger partial charge is 0.144 e. The van der Waals surface area contributed by atoms with Gasteiger partial charge in [0.1, 0.15) is 28.6 Å². The number of nitrogens with one attached hydrogen (secondary N) is 2. The molecule has 154 valence electrons. The molecular formula is C24H21N5O2. The van der Waals surface area contributed by atoms with Crippen molar-refractivity contribution in [3.63, 3.8) is 0 Å². The molecule has 6 rings (SSSR count). The first-order chi connectivity index (χ1) is 15.0. The minimum Gasteiger partial charge on any atom is -0.495 e. The predicted molar refractivity (Wildman–Crippen MR) is 122 cm³/mol. The maximum Gasteiger partial charge on any atom is 0.144 e. The second-order valence-corrected chi connectivity index (χ2v) is 8.10. The van der Waals surface area contributed by atoms with Crippen LogP contribution in [0.25, 0.3) is 55.0 Å². The molecule has 4 aromatic heterocycles. The molecule has 7 heteroatoms. The highest BCUT2D eigenvalue weighted by atomic mass is 16.5. The van der Waals surface area contributed by atoms with Gasteiger partial charge in [-0.2, -0.15) is 0 Å². The quantitative estimate of drug-likeness (QED) is 0.384. The topological polar surface area (TPSA) is 92.6 Å². The lowest BCUT2D eigenvalue weighted by atomic mass is 9.96. The van der Waals surface area contributed by atoms with Crippen molar-refractivity contribution in [2.45, 2.75) is 27.7 Å². The van der Waals surface area contributed by atoms with Gasteiger partial charge in [-0.3, -0.25) is 0 Å². The van der Waals surface area contributed by atoms with Gasteiger partial charge in [0.25, 0.3) is 0 Å². The average molecular weight is 411 g/mol. The highest BCUT2D eigenvalue weighted by molar-refractivity contribution is 6.28. The molecule has 0 saturated heterocycles. The van der Waals surface area contributed by atoms with Crippen molar-refractivity contribution in [2.24, 2.45) is 0 Å². The highest BCUT2D eigenvalue weighted by Gasteiger charge is 2.24. The number of ether oxygens (including phenoxy) is 1. The van der Waals surface area contributed by atoms with E-state index in [0.29, 0.717) is 5.82 Å². The fourth-order valence-electron chi connectivity index (χ4n) is 4.77. The van der Waals surface area contributed by atoms with Crippen LogP contribution in [0.4, 0.5) is 0 Å². The van der Waals surface area contributed by atoms with Crippen LogP contribution in [0.5, 0.6) is 5.75 Å². The Morgan fingerprint density at radius 1 is 0.871 bits per heavy atom. The second kappa shape index (κ2) is 6.07. The molecule has 7 nitrogen and oxygen atoms in total. The van der Waals surface area contributed by atoms with Crippen molar-refractivity contribution in [3.05, 3.63) is 47.1 Å². The number of hydrogen-bond acceptors (Lipinski definition) is 5. The van der Waals surface area contributed by atoms with Crippen molar-refractivity contribution >= 4 is 43.9 Å². The number of nitrogens with zero attached hydrogens (tertiary/aromatic N) is 3. The van der Waals surface area contributed by atoms with Gasteiger partial charge in [0, 0.05) is 32.8 Å². The van der Waals surface area contributed by atoms with E-state index in [1.165, 1.54) is 5.56 Å². The lowest BCUT2D eigenvalue weighted by Crippen LogP contribution is -1.92. The van der Waals surface area contributed by atoms with Crippen LogP contribution in [0.3, 0.4) is 0 Å². The molecule has 0 spiro atoms. The van der Waals surface area contributed by atoms with E-state index in [-0.39, 0.29) is 0 Å². The molecule has 6 aromatic rings. The zero-order valence-corrected chi connectivity index (χ0v) is 18.0. The molecule has 0 atom stereocenters. The molecule has 0 bridgehead atoms. The van der Waals surface area contributed by atoms with E-state index in [1.54, 1.807) is 7.11 Å². The maximum absolute atomic E-state index is 6.07. The summed E-state index contributed by atoms with van der Waals surface area (Å²) in [6, 6.07) is 8.49. The second-order valence-electron chi connectivity index (χ2n) is 8.10. The van der Waals surface area contributed by atoms with Gasteiger partial charge in [-0.25, -0.2) is 9.97 Å². The van der Waals surface area contributed by atoms with Crippen LogP contribution in [0, 0.1) is 27.7 Å². The monoisotopic (exact) mass is 411 g/mol. The number of aromatic nitrogens is 5. The first kappa shape index (κ1) is 17.9. The summed E-state index contributed by atoms with van der Waals surface area (Å²) in [6.45, 7) is 7.86. The number of rotatable bonds is 2. The van der Waals surface area contributed by atoms with Gasteiger partial charge in [-0.05, 0) is 45.4 Å². The molecule has 0 fully saturated rings. The van der Waals surface area contributed by atoms with Crippen LogP contribution < -0.4 is 4.74 Å². The summed E-state index contributed by atoms with van der Waals surface area (Å²) in [7, 11) is 1.71. The lowest BCUT2D eigenvalue weighted by Gasteiger charge is -2.12. The summed E-state index contributed by atoms with van der Waals surface area (Å²) in [4.78, 5) is 16.5. The van der Waals surface area contributed by atoms with Crippen LogP contribution in [0.15, 0.2) is 28.8 Å². The standard InChI is InChI=1S/C24H21N5O2/c1-10-6-7-14-16(8-10)27-23-21-20-17(28-24(21)26-13(4)25-23)9-15(22(30-5)19(14)20)18-11(2)29-31-12(18)3/h6-9H,1-5H3,(H2,25,26,27,28). The van der Waals surface area contributed by atoms with Gasteiger partial charge in [-0.1, -0.05) is 17.3 Å². The Labute approximate surface area is 177 Å². The van der Waals surface area contributed by atoms with Gasteiger partial charge in [-0.15, -0.1) is 0 Å². The fourth-order valence-corrected chi connectivity index (χ4v) is 4.77. The molecule has 2 aromatic carbocycles. The highest BCUT2D eigenvalue weighted by Crippen LogP contribution is 2.46. The lowest BCUT2D eigenvalue weighted by molar-refractivity contribution is 0.393. The van der Waals surface area contributed by atoms with Crippen LogP contribution in [0.1, 0.15) is 22.8 Å². The molecule has 0 unspecified atom stereocenters. The van der Waals surface area contributed by atoms with E-state index < -0.39 is 0 Å². The van der Waals surface area contributed by atoms with Crippen LogP contribution in [-0.2, 0) is 0 Å². The van der Waals surface area contributed by atoms with Crippen molar-refractivity contribution < 1.29 is 9.26 Å². The summed E-state index contributed by atoms with van der Waals surface area (Å²) >= 11 is 0. The summed E-state index contributed by atoms with van der Waals surface area (Å²) in [5.41, 5.74) is 7.43. The number of methoxy groups -OCH3 is 1. The minimum absolute atomic E-state index is 0.706. The average Bonchev–Trinajstić information content (AvgIpc) is 3.20. The molecule has 31 heavy (non-hydrogen) atoms. The third-order valence-electron chi connectivity index (χ3n) is 6.01. The molecule has 0 aliphatic carbocycles. The van der Waals surface area contributed by atoms with E-state index in [2.05, 4.69) is 51.3 Å². The summed E-state index contributed by atoms with van der Waals surface area (Å²) < 4.78 is 11.6. The Morgan fingerprint density at radius 3 is 2.29 bits per heavy atom. The van der Waals surface area contributed by atoms with Gasteiger partial charge in [0.2, 0.25) is 0 Å². The van der Waals surface area contributed by atoms with Gasteiger partial charge in [0.05, 0.1) is 23.8 Å². The molecule has 0 saturated carbocycles. The molecule has 0 aliphatic heterocycles. The summed E-state index contributed by atoms with van der Waals surface area (Å²) in [6.07, 6.45) is 0. The maximum atomic E-state index is 6.07. The largest absolute Gasteiger partial charge is 0.495 e. The number of benzene rings is 2.